The molecule has 1 aromatic carbocycles. The zero-order chi connectivity index (χ0) is 12.4. The SMILES string of the molecule is C#CCn1c(CCl)nc2cc(C(C)C)ccc21. The lowest BCUT2D eigenvalue weighted by Gasteiger charge is -2.05. The largest absolute Gasteiger partial charge is 0.315 e. The molecule has 0 fully saturated rings. The van der Waals surface area contributed by atoms with Crippen LogP contribution in [0.15, 0.2) is 18.2 Å². The van der Waals surface area contributed by atoms with Gasteiger partial charge in [-0.3, -0.25) is 0 Å². The standard InChI is InChI=1S/C14H15ClN2/c1-4-7-17-13-6-5-11(10(2)3)8-12(13)16-14(17)9-15/h1,5-6,8,10H,7,9H2,2-3H3. The summed E-state index contributed by atoms with van der Waals surface area (Å²) >= 11 is 5.89. The van der Waals surface area contributed by atoms with Crippen molar-refractivity contribution in [1.29, 1.82) is 0 Å². The van der Waals surface area contributed by atoms with E-state index in [-0.39, 0.29) is 0 Å². The maximum absolute atomic E-state index is 5.89. The molecule has 3 heteroatoms. The molecule has 0 aliphatic rings. The first kappa shape index (κ1) is 12.0. The van der Waals surface area contributed by atoms with Crippen molar-refractivity contribution in [3.8, 4) is 12.3 Å². The maximum atomic E-state index is 5.89. The van der Waals surface area contributed by atoms with E-state index in [9.17, 15) is 0 Å². The van der Waals surface area contributed by atoms with Crippen LogP contribution in [0.3, 0.4) is 0 Å². The first-order valence-electron chi connectivity index (χ1n) is 5.66. The smallest absolute Gasteiger partial charge is 0.125 e. The van der Waals surface area contributed by atoms with Gasteiger partial charge in [0.2, 0.25) is 0 Å². The van der Waals surface area contributed by atoms with E-state index in [4.69, 9.17) is 18.0 Å². The van der Waals surface area contributed by atoms with Crippen LogP contribution in [0.2, 0.25) is 0 Å². The monoisotopic (exact) mass is 246 g/mol. The number of imidazole rings is 1. The zero-order valence-electron chi connectivity index (χ0n) is 10.1. The third-order valence-electron chi connectivity index (χ3n) is 2.89. The predicted molar refractivity (Wildman–Crippen MR) is 72.2 cm³/mol. The lowest BCUT2D eigenvalue weighted by atomic mass is 10.0. The number of fused-ring (bicyclic) bond motifs is 1. The molecule has 0 bridgehead atoms. The van der Waals surface area contributed by atoms with Crippen molar-refractivity contribution in [2.75, 3.05) is 0 Å². The Hall–Kier alpha value is -1.46. The Balaban J connectivity index is 2.62. The number of halogens is 1. The van der Waals surface area contributed by atoms with Gasteiger partial charge in [0.25, 0.3) is 0 Å². The van der Waals surface area contributed by atoms with E-state index in [0.29, 0.717) is 18.3 Å². The predicted octanol–water partition coefficient (Wildman–Crippen LogP) is 3.53. The Kier molecular flexibility index (Phi) is 3.40. The van der Waals surface area contributed by atoms with Crippen LogP contribution in [0.4, 0.5) is 0 Å². The molecule has 0 saturated carbocycles. The van der Waals surface area contributed by atoms with E-state index in [1.54, 1.807) is 0 Å². The van der Waals surface area contributed by atoms with Crippen molar-refractivity contribution < 1.29 is 0 Å². The molecule has 0 amide bonds. The van der Waals surface area contributed by atoms with Crippen molar-refractivity contribution in [1.82, 2.24) is 9.55 Å². The van der Waals surface area contributed by atoms with Gasteiger partial charge in [0.15, 0.2) is 0 Å². The van der Waals surface area contributed by atoms with E-state index in [1.165, 1.54) is 5.56 Å². The fourth-order valence-electron chi connectivity index (χ4n) is 1.93. The van der Waals surface area contributed by atoms with Gasteiger partial charge in [-0.05, 0) is 23.6 Å². The van der Waals surface area contributed by atoms with Crippen LogP contribution in [0.5, 0.6) is 0 Å². The van der Waals surface area contributed by atoms with E-state index < -0.39 is 0 Å². The van der Waals surface area contributed by atoms with Gasteiger partial charge < -0.3 is 4.57 Å². The summed E-state index contributed by atoms with van der Waals surface area (Å²) in [5, 5.41) is 0. The van der Waals surface area contributed by atoms with Gasteiger partial charge in [-0.2, -0.15) is 0 Å². The highest BCUT2D eigenvalue weighted by atomic mass is 35.5. The number of benzene rings is 1. The molecule has 0 radical (unpaired) electrons. The number of hydrogen-bond donors (Lipinski definition) is 0. The average molecular weight is 247 g/mol. The van der Waals surface area contributed by atoms with Crippen molar-refractivity contribution >= 4 is 22.6 Å². The Morgan fingerprint density at radius 2 is 2.24 bits per heavy atom. The fraction of sp³-hybridized carbons (Fsp3) is 0.357. The summed E-state index contributed by atoms with van der Waals surface area (Å²) in [6, 6.07) is 6.31. The molecular weight excluding hydrogens is 232 g/mol. The van der Waals surface area contributed by atoms with Gasteiger partial charge in [-0.1, -0.05) is 25.8 Å². The minimum absolute atomic E-state index is 0.382. The van der Waals surface area contributed by atoms with Gasteiger partial charge in [0.05, 0.1) is 23.5 Å². The van der Waals surface area contributed by atoms with E-state index in [0.717, 1.165) is 16.9 Å². The molecule has 0 N–H and O–H groups in total. The highest BCUT2D eigenvalue weighted by molar-refractivity contribution is 6.16. The Labute approximate surface area is 107 Å². The molecule has 0 atom stereocenters. The van der Waals surface area contributed by atoms with Crippen LogP contribution in [0, 0.1) is 12.3 Å². The van der Waals surface area contributed by atoms with Crippen molar-refractivity contribution in [3.05, 3.63) is 29.6 Å². The molecule has 1 heterocycles. The highest BCUT2D eigenvalue weighted by Crippen LogP contribution is 2.22. The number of terminal acetylenes is 1. The molecule has 17 heavy (non-hydrogen) atoms. The number of nitrogens with zero attached hydrogens (tertiary/aromatic N) is 2. The average Bonchev–Trinajstić information content (AvgIpc) is 2.67. The summed E-state index contributed by atoms with van der Waals surface area (Å²) < 4.78 is 1.99. The van der Waals surface area contributed by atoms with Gasteiger partial charge in [0, 0.05) is 0 Å². The van der Waals surface area contributed by atoms with Crippen LogP contribution in [-0.4, -0.2) is 9.55 Å². The lowest BCUT2D eigenvalue weighted by molar-refractivity contribution is 0.814. The Bertz CT molecular complexity index is 576. The molecule has 0 aliphatic carbocycles. The van der Waals surface area contributed by atoms with Crippen LogP contribution in [0.1, 0.15) is 31.2 Å². The van der Waals surface area contributed by atoms with Crippen molar-refractivity contribution in [3.63, 3.8) is 0 Å². The van der Waals surface area contributed by atoms with Crippen molar-refractivity contribution in [2.24, 2.45) is 0 Å². The summed E-state index contributed by atoms with van der Waals surface area (Å²) in [7, 11) is 0. The first-order chi connectivity index (χ1) is 8.17. The summed E-state index contributed by atoms with van der Waals surface area (Å²) in [4.78, 5) is 4.53. The maximum Gasteiger partial charge on any atom is 0.125 e. The third kappa shape index (κ3) is 2.16. The van der Waals surface area contributed by atoms with Gasteiger partial charge in [-0.25, -0.2) is 4.98 Å². The van der Waals surface area contributed by atoms with Gasteiger partial charge in [0.1, 0.15) is 5.82 Å². The normalized spacial score (nSPS) is 11.0. The van der Waals surface area contributed by atoms with Gasteiger partial charge >= 0.3 is 0 Å². The van der Waals surface area contributed by atoms with Crippen LogP contribution in [-0.2, 0) is 12.4 Å². The minimum atomic E-state index is 0.382. The molecular formula is C14H15ClN2. The quantitative estimate of drug-likeness (QED) is 0.598. The number of rotatable bonds is 3. The minimum Gasteiger partial charge on any atom is -0.315 e. The summed E-state index contributed by atoms with van der Waals surface area (Å²) in [5.41, 5.74) is 3.31. The second-order valence-electron chi connectivity index (χ2n) is 4.35. The van der Waals surface area contributed by atoms with Crippen LogP contribution in [0.25, 0.3) is 11.0 Å². The molecule has 2 nitrogen and oxygen atoms in total. The second-order valence-corrected chi connectivity index (χ2v) is 4.62. The third-order valence-corrected chi connectivity index (χ3v) is 3.13. The number of hydrogen-bond acceptors (Lipinski definition) is 1. The molecule has 1 aromatic heterocycles. The molecule has 88 valence electrons. The summed E-state index contributed by atoms with van der Waals surface area (Å²) in [6.07, 6.45) is 5.37. The first-order valence-corrected chi connectivity index (χ1v) is 6.19. The second kappa shape index (κ2) is 4.81. The molecule has 0 aliphatic heterocycles. The highest BCUT2D eigenvalue weighted by Gasteiger charge is 2.10. The van der Waals surface area contributed by atoms with E-state index >= 15 is 0 Å². The van der Waals surface area contributed by atoms with Crippen molar-refractivity contribution in [2.45, 2.75) is 32.2 Å². The molecule has 2 aromatic rings. The molecule has 0 spiro atoms. The van der Waals surface area contributed by atoms with Gasteiger partial charge in [-0.15, -0.1) is 18.0 Å². The van der Waals surface area contributed by atoms with E-state index in [1.807, 2.05) is 4.57 Å². The fourth-order valence-corrected chi connectivity index (χ4v) is 2.13. The molecule has 0 unspecified atom stereocenters. The zero-order valence-corrected chi connectivity index (χ0v) is 10.8. The number of aromatic nitrogens is 2. The molecule has 2 rings (SSSR count). The number of alkyl halides is 1. The lowest BCUT2D eigenvalue weighted by Crippen LogP contribution is -2.00. The Morgan fingerprint density at radius 1 is 1.47 bits per heavy atom. The summed E-state index contributed by atoms with van der Waals surface area (Å²) in [5.74, 6) is 4.35. The summed E-state index contributed by atoms with van der Waals surface area (Å²) in [6.45, 7) is 4.85. The van der Waals surface area contributed by atoms with Crippen LogP contribution >= 0.6 is 11.6 Å². The van der Waals surface area contributed by atoms with E-state index in [2.05, 4.69) is 43.0 Å². The Morgan fingerprint density at radius 3 is 2.82 bits per heavy atom. The van der Waals surface area contributed by atoms with Crippen LogP contribution < -0.4 is 0 Å². The topological polar surface area (TPSA) is 17.8 Å². The molecule has 0 saturated heterocycles.